The fourth-order valence-electron chi connectivity index (χ4n) is 3.37. The van der Waals surface area contributed by atoms with Gasteiger partial charge in [-0.3, -0.25) is 0 Å². The first-order valence-electron chi connectivity index (χ1n) is 8.68. The van der Waals surface area contributed by atoms with Crippen LogP contribution in [0.15, 0.2) is 48.8 Å². The Morgan fingerprint density at radius 1 is 1.22 bits per heavy atom. The van der Waals surface area contributed by atoms with Crippen LogP contribution in [0.25, 0.3) is 16.8 Å². The summed E-state index contributed by atoms with van der Waals surface area (Å²) in [7, 11) is 0. The predicted molar refractivity (Wildman–Crippen MR) is 93.6 cm³/mol. The molecule has 7 heteroatoms. The summed E-state index contributed by atoms with van der Waals surface area (Å²) in [5.41, 5.74) is 0.629. The van der Waals surface area contributed by atoms with Crippen LogP contribution in [0.5, 0.6) is 0 Å². The molecular formula is C20H17F3N2O2. The van der Waals surface area contributed by atoms with Crippen molar-refractivity contribution in [3.05, 3.63) is 60.0 Å². The molecule has 0 amide bonds. The van der Waals surface area contributed by atoms with E-state index in [9.17, 15) is 18.0 Å². The molecule has 0 atom stereocenters. The monoisotopic (exact) mass is 374 g/mol. The number of rotatable bonds is 4. The zero-order valence-corrected chi connectivity index (χ0v) is 14.6. The molecule has 1 saturated carbocycles. The van der Waals surface area contributed by atoms with Gasteiger partial charge in [0.1, 0.15) is 0 Å². The zero-order valence-electron chi connectivity index (χ0n) is 14.6. The van der Waals surface area contributed by atoms with Gasteiger partial charge in [0.05, 0.1) is 23.2 Å². The maximum Gasteiger partial charge on any atom is 0.398 e. The molecule has 1 aliphatic rings. The van der Waals surface area contributed by atoms with Crippen molar-refractivity contribution in [1.29, 1.82) is 0 Å². The van der Waals surface area contributed by atoms with Crippen molar-refractivity contribution in [2.24, 2.45) is 0 Å². The number of nitrogens with zero attached hydrogens (tertiary/aromatic N) is 2. The number of halogens is 3. The molecule has 0 aliphatic heterocycles. The van der Waals surface area contributed by atoms with Crippen LogP contribution in [0.2, 0.25) is 0 Å². The molecule has 3 aromatic rings. The van der Waals surface area contributed by atoms with Crippen molar-refractivity contribution in [3.8, 4) is 11.3 Å². The number of carbonyl (C=O) groups excluding carboxylic acids is 1. The van der Waals surface area contributed by atoms with E-state index in [0.29, 0.717) is 11.3 Å². The number of esters is 1. The number of fused-ring (bicyclic) bond motifs is 1. The molecule has 0 N–H and O–H groups in total. The fourth-order valence-corrected chi connectivity index (χ4v) is 3.37. The van der Waals surface area contributed by atoms with Crippen LogP contribution in [0.4, 0.5) is 13.2 Å². The van der Waals surface area contributed by atoms with Crippen molar-refractivity contribution >= 4 is 11.5 Å². The van der Waals surface area contributed by atoms with E-state index in [1.165, 1.54) is 12.1 Å². The van der Waals surface area contributed by atoms with E-state index in [4.69, 9.17) is 4.74 Å². The van der Waals surface area contributed by atoms with E-state index in [-0.39, 0.29) is 30.7 Å². The van der Waals surface area contributed by atoms with Gasteiger partial charge in [-0.05, 0) is 37.5 Å². The molecule has 0 bridgehead atoms. The van der Waals surface area contributed by atoms with E-state index >= 15 is 0 Å². The summed E-state index contributed by atoms with van der Waals surface area (Å²) in [5.74, 6) is -0.542. The molecule has 1 aromatic carbocycles. The van der Waals surface area contributed by atoms with Gasteiger partial charge in [-0.2, -0.15) is 13.2 Å². The standard InChI is InChI=1S/C20H17F3N2O2/c1-2-27-18(26)15-12-25-11-3-4-16(25)17(24-15)13-5-7-14(8-6-13)19(9-10-19)20(21,22)23/h3-8,11-12H,2,9-10H2,1H3. The van der Waals surface area contributed by atoms with Crippen LogP contribution < -0.4 is 0 Å². The SMILES string of the molecule is CCOC(=O)c1cn2cccc2c(-c2ccc(C3(C(F)(F)F)CC3)cc2)n1. The van der Waals surface area contributed by atoms with Crippen LogP contribution in [0, 0.1) is 0 Å². The van der Waals surface area contributed by atoms with Gasteiger partial charge in [-0.1, -0.05) is 24.3 Å². The smallest absolute Gasteiger partial charge is 0.398 e. The molecule has 140 valence electrons. The average Bonchev–Trinajstić information content (AvgIpc) is 3.33. The molecule has 1 fully saturated rings. The number of carbonyl (C=O) groups is 1. The molecule has 2 aromatic heterocycles. The summed E-state index contributed by atoms with van der Waals surface area (Å²) in [4.78, 5) is 16.5. The number of ether oxygens (including phenoxy) is 1. The quantitative estimate of drug-likeness (QED) is 0.618. The molecule has 4 nitrogen and oxygen atoms in total. The second kappa shape index (κ2) is 6.11. The molecule has 0 radical (unpaired) electrons. The van der Waals surface area contributed by atoms with Crippen molar-refractivity contribution in [1.82, 2.24) is 9.38 Å². The van der Waals surface area contributed by atoms with E-state index in [0.717, 1.165) is 5.52 Å². The highest BCUT2D eigenvalue weighted by Gasteiger charge is 2.64. The Bertz CT molecular complexity index is 1000. The van der Waals surface area contributed by atoms with Crippen LogP contribution in [-0.2, 0) is 10.2 Å². The lowest BCUT2D eigenvalue weighted by molar-refractivity contribution is -0.160. The number of benzene rings is 1. The van der Waals surface area contributed by atoms with Crippen molar-refractivity contribution in [2.45, 2.75) is 31.4 Å². The van der Waals surface area contributed by atoms with E-state index in [1.54, 1.807) is 35.9 Å². The summed E-state index contributed by atoms with van der Waals surface area (Å²) in [6.45, 7) is 1.94. The highest BCUT2D eigenvalue weighted by molar-refractivity contribution is 5.89. The normalized spacial score (nSPS) is 15.7. The van der Waals surface area contributed by atoms with Gasteiger partial charge < -0.3 is 9.14 Å². The van der Waals surface area contributed by atoms with Crippen molar-refractivity contribution < 1.29 is 22.7 Å². The van der Waals surface area contributed by atoms with Gasteiger partial charge in [0.15, 0.2) is 5.69 Å². The van der Waals surface area contributed by atoms with Crippen LogP contribution >= 0.6 is 0 Å². The Morgan fingerprint density at radius 2 is 1.93 bits per heavy atom. The topological polar surface area (TPSA) is 43.6 Å². The minimum atomic E-state index is -4.24. The lowest BCUT2D eigenvalue weighted by Gasteiger charge is -2.19. The number of hydrogen-bond donors (Lipinski definition) is 0. The van der Waals surface area contributed by atoms with Gasteiger partial charge in [0.25, 0.3) is 0 Å². The highest BCUT2D eigenvalue weighted by atomic mass is 19.4. The van der Waals surface area contributed by atoms with E-state index in [1.807, 2.05) is 12.1 Å². The lowest BCUT2D eigenvalue weighted by Crippen LogP contribution is -2.28. The van der Waals surface area contributed by atoms with Crippen molar-refractivity contribution in [3.63, 3.8) is 0 Å². The van der Waals surface area contributed by atoms with Gasteiger partial charge >= 0.3 is 12.1 Å². The van der Waals surface area contributed by atoms with Crippen molar-refractivity contribution in [2.75, 3.05) is 6.61 Å². The number of alkyl halides is 3. The highest BCUT2D eigenvalue weighted by Crippen LogP contribution is 2.58. The molecule has 0 unspecified atom stereocenters. The predicted octanol–water partition coefficient (Wildman–Crippen LogP) is 4.77. The minimum absolute atomic E-state index is 0.120. The molecule has 4 rings (SSSR count). The Hall–Kier alpha value is -2.83. The van der Waals surface area contributed by atoms with Gasteiger partial charge in [0, 0.05) is 18.0 Å². The summed E-state index contributed by atoms with van der Waals surface area (Å²) >= 11 is 0. The zero-order chi connectivity index (χ0) is 19.2. The Kier molecular flexibility index (Phi) is 3.98. The number of aromatic nitrogens is 2. The maximum atomic E-state index is 13.3. The molecule has 0 saturated heterocycles. The van der Waals surface area contributed by atoms with E-state index < -0.39 is 17.6 Å². The third-order valence-corrected chi connectivity index (χ3v) is 5.00. The van der Waals surface area contributed by atoms with Gasteiger partial charge in [0.2, 0.25) is 0 Å². The largest absolute Gasteiger partial charge is 0.461 e. The second-order valence-corrected chi connectivity index (χ2v) is 6.65. The van der Waals surface area contributed by atoms with E-state index in [2.05, 4.69) is 4.98 Å². The third kappa shape index (κ3) is 2.87. The summed E-state index contributed by atoms with van der Waals surface area (Å²) in [6, 6.07) is 9.93. The fraction of sp³-hybridized carbons (Fsp3) is 0.300. The van der Waals surface area contributed by atoms with Crippen LogP contribution in [0.3, 0.4) is 0 Å². The third-order valence-electron chi connectivity index (χ3n) is 5.00. The Balaban J connectivity index is 1.76. The van der Waals surface area contributed by atoms with Gasteiger partial charge in [-0.25, -0.2) is 9.78 Å². The maximum absolute atomic E-state index is 13.3. The lowest BCUT2D eigenvalue weighted by atomic mass is 9.94. The molecule has 1 aliphatic carbocycles. The Labute approximate surface area is 153 Å². The minimum Gasteiger partial charge on any atom is -0.461 e. The molecule has 27 heavy (non-hydrogen) atoms. The average molecular weight is 374 g/mol. The summed E-state index contributed by atoms with van der Waals surface area (Å²) in [6.07, 6.45) is -0.648. The Morgan fingerprint density at radius 3 is 2.52 bits per heavy atom. The van der Waals surface area contributed by atoms with Crippen LogP contribution in [0.1, 0.15) is 35.8 Å². The second-order valence-electron chi connectivity index (χ2n) is 6.65. The molecule has 0 spiro atoms. The molecule has 2 heterocycles. The van der Waals surface area contributed by atoms with Gasteiger partial charge in [-0.15, -0.1) is 0 Å². The van der Waals surface area contributed by atoms with Crippen LogP contribution in [-0.4, -0.2) is 28.1 Å². The molecular weight excluding hydrogens is 357 g/mol. The first kappa shape index (κ1) is 17.6. The number of hydrogen-bond acceptors (Lipinski definition) is 3. The summed E-state index contributed by atoms with van der Waals surface area (Å²) < 4.78 is 46.7. The first-order valence-corrected chi connectivity index (χ1v) is 8.68. The first-order chi connectivity index (χ1) is 12.9. The summed E-state index contributed by atoms with van der Waals surface area (Å²) in [5, 5.41) is 0.